The lowest BCUT2D eigenvalue weighted by Crippen LogP contribution is -2.35. The molecule has 5 nitrogen and oxygen atoms in total. The van der Waals surface area contributed by atoms with Gasteiger partial charge < -0.3 is 10.0 Å². The number of hydrogen-bond donors (Lipinski definition) is 1. The average molecular weight is 263 g/mol. The smallest absolute Gasteiger partial charge is 0.326 e. The fraction of sp³-hybridized carbons (Fsp3) is 0.250. The zero-order chi connectivity index (χ0) is 13.1. The van der Waals surface area contributed by atoms with Crippen LogP contribution in [0.1, 0.15) is 6.92 Å². The van der Waals surface area contributed by atoms with Crippen molar-refractivity contribution in [3.8, 4) is 10.6 Å². The Morgan fingerprint density at radius 3 is 2.89 bits per heavy atom. The van der Waals surface area contributed by atoms with Crippen LogP contribution in [-0.4, -0.2) is 34.4 Å². The van der Waals surface area contributed by atoms with Crippen LogP contribution < -0.4 is 4.90 Å². The molecule has 6 heteroatoms. The van der Waals surface area contributed by atoms with E-state index in [9.17, 15) is 4.79 Å². The molecule has 1 unspecified atom stereocenters. The molecule has 18 heavy (non-hydrogen) atoms. The van der Waals surface area contributed by atoms with Crippen LogP contribution >= 0.6 is 11.3 Å². The van der Waals surface area contributed by atoms with Crippen LogP contribution in [0, 0.1) is 0 Å². The maximum atomic E-state index is 11.0. The summed E-state index contributed by atoms with van der Waals surface area (Å²) < 4.78 is 0. The van der Waals surface area contributed by atoms with E-state index in [0.29, 0.717) is 0 Å². The van der Waals surface area contributed by atoms with Crippen molar-refractivity contribution in [1.82, 2.24) is 10.2 Å². The topological polar surface area (TPSA) is 66.3 Å². The van der Waals surface area contributed by atoms with Crippen LogP contribution in [0.2, 0.25) is 0 Å². The highest BCUT2D eigenvalue weighted by Gasteiger charge is 2.17. The lowest BCUT2D eigenvalue weighted by atomic mass is 10.1. The van der Waals surface area contributed by atoms with Crippen molar-refractivity contribution >= 4 is 23.0 Å². The van der Waals surface area contributed by atoms with Gasteiger partial charge in [0.15, 0.2) is 0 Å². The molecule has 0 aliphatic carbocycles. The zero-order valence-electron chi connectivity index (χ0n) is 10.1. The summed E-state index contributed by atoms with van der Waals surface area (Å²) in [6.07, 6.45) is 0. The van der Waals surface area contributed by atoms with E-state index in [4.69, 9.17) is 5.11 Å². The molecule has 1 aromatic carbocycles. The van der Waals surface area contributed by atoms with E-state index in [0.717, 1.165) is 16.3 Å². The van der Waals surface area contributed by atoms with Crippen LogP contribution in [0.3, 0.4) is 0 Å². The summed E-state index contributed by atoms with van der Waals surface area (Å²) in [5.41, 5.74) is 3.46. The average Bonchev–Trinajstić information content (AvgIpc) is 2.91. The molecule has 1 aromatic heterocycles. The molecular formula is C12H13N3O2S. The summed E-state index contributed by atoms with van der Waals surface area (Å²) in [5.74, 6) is -0.848. The first-order chi connectivity index (χ1) is 8.59. The van der Waals surface area contributed by atoms with E-state index >= 15 is 0 Å². The number of anilines is 1. The Labute approximate surface area is 109 Å². The number of nitrogens with zero attached hydrogens (tertiary/aromatic N) is 3. The van der Waals surface area contributed by atoms with Crippen LogP contribution in [0.4, 0.5) is 5.69 Å². The monoisotopic (exact) mass is 263 g/mol. The molecule has 0 bridgehead atoms. The molecular weight excluding hydrogens is 250 g/mol. The van der Waals surface area contributed by atoms with E-state index in [-0.39, 0.29) is 0 Å². The van der Waals surface area contributed by atoms with Crippen molar-refractivity contribution in [2.45, 2.75) is 13.0 Å². The van der Waals surface area contributed by atoms with Gasteiger partial charge in [-0.05, 0) is 19.1 Å². The molecule has 0 aliphatic heterocycles. The second-order valence-electron chi connectivity index (χ2n) is 3.92. The Bertz CT molecular complexity index is 542. The Hall–Kier alpha value is -1.95. The number of aromatic nitrogens is 2. The summed E-state index contributed by atoms with van der Waals surface area (Å²) in [6.45, 7) is 1.65. The molecule has 1 atom stereocenters. The minimum atomic E-state index is -0.848. The van der Waals surface area contributed by atoms with Crippen LogP contribution in [0.25, 0.3) is 10.6 Å². The molecule has 0 saturated heterocycles. The van der Waals surface area contributed by atoms with E-state index < -0.39 is 12.0 Å². The number of benzene rings is 1. The SMILES string of the molecule is CC(C(=O)O)N(C)c1cccc(-c2nncs2)c1. The Morgan fingerprint density at radius 2 is 2.28 bits per heavy atom. The number of likely N-dealkylation sites (N-methyl/N-ethyl adjacent to an activating group) is 1. The number of rotatable bonds is 4. The number of carboxylic acid groups (broad SMARTS) is 1. The van der Waals surface area contributed by atoms with E-state index in [1.165, 1.54) is 11.3 Å². The van der Waals surface area contributed by atoms with E-state index in [1.807, 2.05) is 24.3 Å². The van der Waals surface area contributed by atoms with Gasteiger partial charge in [-0.2, -0.15) is 0 Å². The molecule has 94 valence electrons. The second kappa shape index (κ2) is 5.14. The third kappa shape index (κ3) is 2.48. The largest absolute Gasteiger partial charge is 0.480 e. The predicted molar refractivity (Wildman–Crippen MR) is 70.8 cm³/mol. The van der Waals surface area contributed by atoms with E-state index in [2.05, 4.69) is 10.2 Å². The normalized spacial score (nSPS) is 12.1. The van der Waals surface area contributed by atoms with Gasteiger partial charge in [-0.25, -0.2) is 4.79 Å². The van der Waals surface area contributed by atoms with Gasteiger partial charge in [0.05, 0.1) is 0 Å². The first-order valence-electron chi connectivity index (χ1n) is 5.42. The van der Waals surface area contributed by atoms with Crippen LogP contribution in [0.5, 0.6) is 0 Å². The van der Waals surface area contributed by atoms with Gasteiger partial charge in [-0.1, -0.05) is 23.5 Å². The van der Waals surface area contributed by atoms with Gasteiger partial charge in [-0.3, -0.25) is 0 Å². The number of carbonyl (C=O) groups is 1. The van der Waals surface area contributed by atoms with Gasteiger partial charge in [0.1, 0.15) is 16.6 Å². The molecule has 0 fully saturated rings. The van der Waals surface area contributed by atoms with Crippen molar-refractivity contribution in [2.75, 3.05) is 11.9 Å². The summed E-state index contributed by atoms with van der Waals surface area (Å²) in [6, 6.07) is 7.04. The molecule has 0 spiro atoms. The Morgan fingerprint density at radius 1 is 1.50 bits per heavy atom. The highest BCUT2D eigenvalue weighted by atomic mass is 32.1. The van der Waals surface area contributed by atoms with Crippen molar-refractivity contribution < 1.29 is 9.90 Å². The maximum Gasteiger partial charge on any atom is 0.326 e. The maximum absolute atomic E-state index is 11.0. The van der Waals surface area contributed by atoms with Crippen molar-refractivity contribution in [3.63, 3.8) is 0 Å². The molecule has 0 amide bonds. The third-order valence-corrected chi connectivity index (χ3v) is 3.54. The summed E-state index contributed by atoms with van der Waals surface area (Å²) in [7, 11) is 1.76. The summed E-state index contributed by atoms with van der Waals surface area (Å²) in [4.78, 5) is 12.7. The quantitative estimate of drug-likeness (QED) is 0.915. The van der Waals surface area contributed by atoms with Gasteiger partial charge in [0.2, 0.25) is 0 Å². The third-order valence-electron chi connectivity index (χ3n) is 2.80. The van der Waals surface area contributed by atoms with Gasteiger partial charge in [-0.15, -0.1) is 10.2 Å². The summed E-state index contributed by atoms with van der Waals surface area (Å²) >= 11 is 1.45. The summed E-state index contributed by atoms with van der Waals surface area (Å²) in [5, 5.41) is 17.6. The molecule has 1 N–H and O–H groups in total. The molecule has 0 radical (unpaired) electrons. The Kier molecular flexibility index (Phi) is 3.57. The molecule has 0 aliphatic rings. The van der Waals surface area contributed by atoms with Gasteiger partial charge in [0, 0.05) is 18.3 Å². The first-order valence-corrected chi connectivity index (χ1v) is 6.30. The molecule has 0 saturated carbocycles. The second-order valence-corrected chi connectivity index (χ2v) is 4.75. The first kappa shape index (κ1) is 12.5. The molecule has 2 aromatic rings. The Balaban J connectivity index is 2.30. The highest BCUT2D eigenvalue weighted by molar-refractivity contribution is 7.12. The standard InChI is InChI=1S/C12H13N3O2S/c1-8(12(16)17)15(2)10-5-3-4-9(6-10)11-14-13-7-18-11/h3-8H,1-2H3,(H,16,17). The van der Waals surface area contributed by atoms with Crippen molar-refractivity contribution in [2.24, 2.45) is 0 Å². The minimum Gasteiger partial charge on any atom is -0.480 e. The fourth-order valence-corrected chi connectivity index (χ4v) is 2.10. The fourth-order valence-electron chi connectivity index (χ4n) is 1.55. The number of hydrogen-bond acceptors (Lipinski definition) is 5. The van der Waals surface area contributed by atoms with Gasteiger partial charge in [0.25, 0.3) is 0 Å². The van der Waals surface area contributed by atoms with E-state index in [1.54, 1.807) is 24.4 Å². The number of aliphatic carboxylic acids is 1. The van der Waals surface area contributed by atoms with Crippen molar-refractivity contribution in [3.05, 3.63) is 29.8 Å². The van der Waals surface area contributed by atoms with Crippen LogP contribution in [-0.2, 0) is 4.79 Å². The minimum absolute atomic E-state index is 0.574. The van der Waals surface area contributed by atoms with Crippen molar-refractivity contribution in [1.29, 1.82) is 0 Å². The highest BCUT2D eigenvalue weighted by Crippen LogP contribution is 2.25. The van der Waals surface area contributed by atoms with Gasteiger partial charge >= 0.3 is 5.97 Å². The zero-order valence-corrected chi connectivity index (χ0v) is 10.9. The molecule has 1 heterocycles. The lowest BCUT2D eigenvalue weighted by Gasteiger charge is -2.23. The molecule has 2 rings (SSSR count). The van der Waals surface area contributed by atoms with Crippen LogP contribution in [0.15, 0.2) is 29.8 Å². The predicted octanol–water partition coefficient (Wildman–Crippen LogP) is 2.11. The number of carboxylic acids is 1. The lowest BCUT2D eigenvalue weighted by molar-refractivity contribution is -0.138.